The summed E-state index contributed by atoms with van der Waals surface area (Å²) in [6.07, 6.45) is 0. The number of methoxy groups -OCH3 is 1. The molecule has 5 aromatic rings. The van der Waals surface area contributed by atoms with E-state index in [0.29, 0.717) is 45.1 Å². The molecule has 1 aromatic heterocycles. The number of carbonyl (C=O) groups excluding carboxylic acids is 2. The predicted octanol–water partition coefficient (Wildman–Crippen LogP) is 6.84. The molecule has 200 valence electrons. The van der Waals surface area contributed by atoms with E-state index in [2.05, 4.69) is 5.32 Å². The number of amides is 1. The van der Waals surface area contributed by atoms with Gasteiger partial charge in [0.15, 0.2) is 0 Å². The molecule has 8 heteroatoms. The molecule has 0 bridgehead atoms. The number of hydrogen-bond donors (Lipinski definition) is 1. The van der Waals surface area contributed by atoms with E-state index in [9.17, 15) is 14.0 Å². The van der Waals surface area contributed by atoms with Crippen molar-refractivity contribution in [2.24, 2.45) is 0 Å². The molecule has 0 aliphatic carbocycles. The Labute approximate surface area is 230 Å². The Hall–Kier alpha value is -5.24. The lowest BCUT2D eigenvalue weighted by Gasteiger charge is -2.11. The van der Waals surface area contributed by atoms with Gasteiger partial charge in [0.25, 0.3) is 5.91 Å². The van der Waals surface area contributed by atoms with Crippen molar-refractivity contribution >= 4 is 17.6 Å². The lowest BCUT2D eigenvalue weighted by atomic mass is 10.0. The molecule has 0 radical (unpaired) electrons. The number of esters is 1. The van der Waals surface area contributed by atoms with Gasteiger partial charge in [0.2, 0.25) is 5.88 Å². The SMILES string of the molecule is COc1ccccc1C(=O)Nc1ccc(-c2c(-c3cccc(F)c3)nn(-c3ccc(C)cc3)c2OC(C)=O)cc1. The first-order valence-corrected chi connectivity index (χ1v) is 12.5. The van der Waals surface area contributed by atoms with Gasteiger partial charge in [-0.25, -0.2) is 4.39 Å². The van der Waals surface area contributed by atoms with Crippen LogP contribution in [0.25, 0.3) is 28.1 Å². The number of hydrogen-bond acceptors (Lipinski definition) is 5. The molecular weight excluding hydrogens is 509 g/mol. The maximum absolute atomic E-state index is 14.3. The summed E-state index contributed by atoms with van der Waals surface area (Å²) in [5.41, 5.74) is 4.79. The van der Waals surface area contributed by atoms with E-state index < -0.39 is 11.8 Å². The van der Waals surface area contributed by atoms with E-state index in [0.717, 1.165) is 5.56 Å². The smallest absolute Gasteiger partial charge is 0.309 e. The highest BCUT2D eigenvalue weighted by molar-refractivity contribution is 6.06. The molecule has 0 fully saturated rings. The average molecular weight is 536 g/mol. The number of carbonyl (C=O) groups is 2. The molecule has 1 amide bonds. The maximum atomic E-state index is 14.3. The molecule has 4 aromatic carbocycles. The number of aromatic nitrogens is 2. The minimum Gasteiger partial charge on any atom is -0.496 e. The van der Waals surface area contributed by atoms with Crippen molar-refractivity contribution in [3.8, 4) is 39.7 Å². The number of anilines is 1. The molecule has 0 saturated heterocycles. The Balaban J connectivity index is 1.60. The molecule has 5 rings (SSSR count). The van der Waals surface area contributed by atoms with Gasteiger partial charge in [-0.3, -0.25) is 9.59 Å². The first-order chi connectivity index (χ1) is 19.3. The second kappa shape index (κ2) is 11.2. The van der Waals surface area contributed by atoms with Gasteiger partial charge in [0.1, 0.15) is 17.3 Å². The molecule has 0 aliphatic heterocycles. The highest BCUT2D eigenvalue weighted by atomic mass is 19.1. The molecule has 0 atom stereocenters. The number of benzene rings is 4. The van der Waals surface area contributed by atoms with Crippen LogP contribution in [0.1, 0.15) is 22.8 Å². The van der Waals surface area contributed by atoms with Crippen LogP contribution in [0, 0.1) is 12.7 Å². The number of para-hydroxylation sites is 1. The molecule has 0 aliphatic rings. The fourth-order valence-corrected chi connectivity index (χ4v) is 4.34. The Morgan fingerprint density at radius 3 is 2.27 bits per heavy atom. The summed E-state index contributed by atoms with van der Waals surface area (Å²) in [5.74, 6) is -0.608. The van der Waals surface area contributed by atoms with E-state index in [1.807, 2.05) is 31.2 Å². The van der Waals surface area contributed by atoms with Crippen LogP contribution in [-0.4, -0.2) is 28.8 Å². The summed E-state index contributed by atoms with van der Waals surface area (Å²) in [5, 5.41) is 7.64. The van der Waals surface area contributed by atoms with Gasteiger partial charge in [-0.05, 0) is 61.0 Å². The quantitative estimate of drug-likeness (QED) is 0.231. The van der Waals surface area contributed by atoms with Crippen molar-refractivity contribution in [1.82, 2.24) is 9.78 Å². The molecule has 0 spiro atoms. The van der Waals surface area contributed by atoms with E-state index in [1.54, 1.807) is 60.7 Å². The number of nitrogens with one attached hydrogen (secondary N) is 1. The van der Waals surface area contributed by atoms with Gasteiger partial charge in [0, 0.05) is 18.2 Å². The summed E-state index contributed by atoms with van der Waals surface area (Å²) in [6, 6.07) is 27.6. The zero-order chi connectivity index (χ0) is 28.2. The van der Waals surface area contributed by atoms with Gasteiger partial charge in [-0.1, -0.05) is 54.1 Å². The monoisotopic (exact) mass is 535 g/mol. The first kappa shape index (κ1) is 26.4. The van der Waals surface area contributed by atoms with Gasteiger partial charge < -0.3 is 14.8 Å². The summed E-state index contributed by atoms with van der Waals surface area (Å²) in [6.45, 7) is 3.28. The zero-order valence-electron chi connectivity index (χ0n) is 22.1. The summed E-state index contributed by atoms with van der Waals surface area (Å²) < 4.78 is 26.8. The van der Waals surface area contributed by atoms with Crippen LogP contribution >= 0.6 is 0 Å². The van der Waals surface area contributed by atoms with E-state index >= 15 is 0 Å². The highest BCUT2D eigenvalue weighted by Gasteiger charge is 2.25. The predicted molar refractivity (Wildman–Crippen MR) is 151 cm³/mol. The fraction of sp³-hybridized carbons (Fsp3) is 0.0938. The van der Waals surface area contributed by atoms with Crippen molar-refractivity contribution in [2.75, 3.05) is 12.4 Å². The van der Waals surface area contributed by atoms with Crippen LogP contribution in [0.5, 0.6) is 11.6 Å². The molecule has 0 unspecified atom stereocenters. The highest BCUT2D eigenvalue weighted by Crippen LogP contribution is 2.41. The molecule has 0 saturated carbocycles. The van der Waals surface area contributed by atoms with Gasteiger partial charge >= 0.3 is 5.97 Å². The molecule has 7 nitrogen and oxygen atoms in total. The van der Waals surface area contributed by atoms with Crippen molar-refractivity contribution in [3.05, 3.63) is 114 Å². The lowest BCUT2D eigenvalue weighted by molar-refractivity contribution is -0.132. The Bertz CT molecular complexity index is 1690. The third-order valence-electron chi connectivity index (χ3n) is 6.24. The normalized spacial score (nSPS) is 10.7. The van der Waals surface area contributed by atoms with Crippen LogP contribution in [0.4, 0.5) is 10.1 Å². The Morgan fingerprint density at radius 1 is 0.875 bits per heavy atom. The van der Waals surface area contributed by atoms with Crippen LogP contribution in [0.3, 0.4) is 0 Å². The Morgan fingerprint density at radius 2 is 1.60 bits per heavy atom. The third-order valence-corrected chi connectivity index (χ3v) is 6.24. The van der Waals surface area contributed by atoms with Crippen molar-refractivity contribution in [3.63, 3.8) is 0 Å². The van der Waals surface area contributed by atoms with Crippen molar-refractivity contribution in [1.29, 1.82) is 0 Å². The lowest BCUT2D eigenvalue weighted by Crippen LogP contribution is -2.13. The molecular formula is C32H26FN3O4. The van der Waals surface area contributed by atoms with Gasteiger partial charge in [0.05, 0.1) is 23.9 Å². The van der Waals surface area contributed by atoms with Crippen LogP contribution < -0.4 is 14.8 Å². The topological polar surface area (TPSA) is 82.4 Å². The standard InChI is InChI=1S/C32H26FN3O4/c1-20-11-17-26(18-12-20)36-32(40-21(2)37)29(30(35-36)23-7-6-8-24(33)19-23)22-13-15-25(16-14-22)34-31(38)27-9-4-5-10-28(27)39-3/h4-19H,1-3H3,(H,34,38). The molecule has 1 heterocycles. The minimum atomic E-state index is -0.527. The van der Waals surface area contributed by atoms with Crippen LogP contribution in [0.2, 0.25) is 0 Å². The summed E-state index contributed by atoms with van der Waals surface area (Å²) >= 11 is 0. The van der Waals surface area contributed by atoms with Gasteiger partial charge in [-0.2, -0.15) is 9.78 Å². The number of nitrogens with zero attached hydrogens (tertiary/aromatic N) is 2. The second-order valence-electron chi connectivity index (χ2n) is 9.11. The zero-order valence-corrected chi connectivity index (χ0v) is 22.1. The van der Waals surface area contributed by atoms with Crippen LogP contribution in [-0.2, 0) is 4.79 Å². The maximum Gasteiger partial charge on any atom is 0.309 e. The molecule has 1 N–H and O–H groups in total. The summed E-state index contributed by atoms with van der Waals surface area (Å²) in [7, 11) is 1.51. The van der Waals surface area contributed by atoms with Crippen molar-refractivity contribution < 1.29 is 23.5 Å². The largest absolute Gasteiger partial charge is 0.496 e. The van der Waals surface area contributed by atoms with Crippen LogP contribution in [0.15, 0.2) is 97.1 Å². The molecule has 40 heavy (non-hydrogen) atoms. The Kier molecular flexibility index (Phi) is 7.41. The number of ether oxygens (including phenoxy) is 2. The average Bonchev–Trinajstić information content (AvgIpc) is 3.32. The summed E-state index contributed by atoms with van der Waals surface area (Å²) in [4.78, 5) is 25.1. The van der Waals surface area contributed by atoms with E-state index in [-0.39, 0.29) is 11.8 Å². The van der Waals surface area contributed by atoms with E-state index in [4.69, 9.17) is 14.6 Å². The van der Waals surface area contributed by atoms with Gasteiger partial charge in [-0.15, -0.1) is 0 Å². The van der Waals surface area contributed by atoms with E-state index in [1.165, 1.54) is 30.8 Å². The first-order valence-electron chi connectivity index (χ1n) is 12.5. The second-order valence-corrected chi connectivity index (χ2v) is 9.11. The fourth-order valence-electron chi connectivity index (χ4n) is 4.34. The minimum absolute atomic E-state index is 0.196. The number of halogens is 1. The number of rotatable bonds is 7. The van der Waals surface area contributed by atoms with Crippen molar-refractivity contribution in [2.45, 2.75) is 13.8 Å². The third kappa shape index (κ3) is 5.47. The number of aryl methyl sites for hydroxylation is 1.